The Bertz CT molecular complexity index is 669. The SMILES string of the molecule is C=CCOC(=O)n1c(Cc2ccccc2)c(O)oc1=O. The molecule has 2 aromatic rings. The highest BCUT2D eigenvalue weighted by atomic mass is 16.6. The van der Waals surface area contributed by atoms with Gasteiger partial charge in [-0.1, -0.05) is 43.0 Å². The maximum atomic E-state index is 11.8. The molecule has 104 valence electrons. The fourth-order valence-electron chi connectivity index (χ4n) is 1.72. The average Bonchev–Trinajstić information content (AvgIpc) is 2.72. The molecule has 0 fully saturated rings. The Labute approximate surface area is 114 Å². The maximum absolute atomic E-state index is 11.8. The number of hydrogen-bond acceptors (Lipinski definition) is 5. The Kier molecular flexibility index (Phi) is 4.05. The summed E-state index contributed by atoms with van der Waals surface area (Å²) in [6.45, 7) is 3.37. The van der Waals surface area contributed by atoms with Crippen molar-refractivity contribution in [2.45, 2.75) is 6.42 Å². The molecule has 0 amide bonds. The zero-order valence-corrected chi connectivity index (χ0v) is 10.6. The maximum Gasteiger partial charge on any atom is 0.431 e. The van der Waals surface area contributed by atoms with Gasteiger partial charge in [-0.3, -0.25) is 0 Å². The average molecular weight is 275 g/mol. The van der Waals surface area contributed by atoms with Crippen LogP contribution in [0.15, 0.2) is 52.2 Å². The van der Waals surface area contributed by atoms with E-state index in [4.69, 9.17) is 4.74 Å². The molecule has 0 bridgehead atoms. The van der Waals surface area contributed by atoms with Crippen molar-refractivity contribution in [3.8, 4) is 5.95 Å². The molecule has 0 aliphatic heterocycles. The van der Waals surface area contributed by atoms with E-state index < -0.39 is 17.8 Å². The molecule has 0 radical (unpaired) electrons. The van der Waals surface area contributed by atoms with Gasteiger partial charge in [-0.05, 0) is 5.56 Å². The second-order valence-electron chi connectivity index (χ2n) is 3.98. The van der Waals surface area contributed by atoms with Gasteiger partial charge < -0.3 is 14.3 Å². The van der Waals surface area contributed by atoms with E-state index in [0.29, 0.717) is 4.57 Å². The number of oxazole rings is 1. The summed E-state index contributed by atoms with van der Waals surface area (Å²) in [7, 11) is 0. The quantitative estimate of drug-likeness (QED) is 0.862. The highest BCUT2D eigenvalue weighted by Gasteiger charge is 2.22. The lowest BCUT2D eigenvalue weighted by Crippen LogP contribution is -2.26. The van der Waals surface area contributed by atoms with Crippen LogP contribution in [0, 0.1) is 0 Å². The second kappa shape index (κ2) is 5.92. The van der Waals surface area contributed by atoms with E-state index in [0.717, 1.165) is 5.56 Å². The van der Waals surface area contributed by atoms with Gasteiger partial charge >= 0.3 is 17.8 Å². The lowest BCUT2D eigenvalue weighted by molar-refractivity contribution is 0.157. The first-order valence-corrected chi connectivity index (χ1v) is 5.89. The molecular formula is C14H13NO5. The van der Waals surface area contributed by atoms with E-state index >= 15 is 0 Å². The number of nitrogens with zero attached hydrogens (tertiary/aromatic N) is 1. The number of hydrogen-bond donors (Lipinski definition) is 1. The van der Waals surface area contributed by atoms with Crippen molar-refractivity contribution in [3.05, 3.63) is 64.8 Å². The molecule has 2 rings (SSSR count). The van der Waals surface area contributed by atoms with Gasteiger partial charge in [0.2, 0.25) is 0 Å². The standard InChI is InChI=1S/C14H13NO5/c1-2-8-19-13(17)15-11(12(16)20-14(15)18)9-10-6-4-3-5-7-10/h2-7,16H,1,8-9H2. The third kappa shape index (κ3) is 2.80. The summed E-state index contributed by atoms with van der Waals surface area (Å²) in [5, 5.41) is 9.63. The van der Waals surface area contributed by atoms with Crippen LogP contribution in [0.2, 0.25) is 0 Å². The van der Waals surface area contributed by atoms with Crippen LogP contribution >= 0.6 is 0 Å². The molecule has 0 spiro atoms. The Morgan fingerprint density at radius 2 is 2.10 bits per heavy atom. The van der Waals surface area contributed by atoms with Crippen molar-refractivity contribution in [3.63, 3.8) is 0 Å². The summed E-state index contributed by atoms with van der Waals surface area (Å²) in [6.07, 6.45) is 0.631. The molecule has 0 aliphatic carbocycles. The molecular weight excluding hydrogens is 262 g/mol. The molecule has 1 heterocycles. The summed E-state index contributed by atoms with van der Waals surface area (Å²) in [5.74, 6) is -1.57. The summed E-state index contributed by atoms with van der Waals surface area (Å²) < 4.78 is 10.0. The van der Waals surface area contributed by atoms with E-state index in [-0.39, 0.29) is 18.7 Å². The van der Waals surface area contributed by atoms with Gasteiger partial charge in [0.15, 0.2) is 0 Å². The molecule has 1 aromatic carbocycles. The van der Waals surface area contributed by atoms with Crippen LogP contribution in [0.3, 0.4) is 0 Å². The van der Waals surface area contributed by atoms with Crippen LogP contribution in [0.1, 0.15) is 11.3 Å². The number of carbonyl (C=O) groups is 1. The normalized spacial score (nSPS) is 10.2. The van der Waals surface area contributed by atoms with Crippen molar-refractivity contribution in [1.82, 2.24) is 4.57 Å². The topological polar surface area (TPSA) is 81.7 Å². The van der Waals surface area contributed by atoms with E-state index in [9.17, 15) is 14.7 Å². The zero-order chi connectivity index (χ0) is 14.5. The van der Waals surface area contributed by atoms with Crippen molar-refractivity contribution in [1.29, 1.82) is 0 Å². The van der Waals surface area contributed by atoms with Crippen molar-refractivity contribution in [2.24, 2.45) is 0 Å². The Morgan fingerprint density at radius 1 is 1.40 bits per heavy atom. The summed E-state index contributed by atoms with van der Waals surface area (Å²) in [4.78, 5) is 23.3. The number of benzene rings is 1. The van der Waals surface area contributed by atoms with Crippen LogP contribution in [0.25, 0.3) is 0 Å². The van der Waals surface area contributed by atoms with Crippen molar-refractivity contribution in [2.75, 3.05) is 6.61 Å². The van der Waals surface area contributed by atoms with Crippen LogP contribution < -0.4 is 5.76 Å². The largest absolute Gasteiger partial charge is 0.479 e. The van der Waals surface area contributed by atoms with Gasteiger partial charge in [-0.25, -0.2) is 9.59 Å². The molecule has 0 saturated carbocycles. The lowest BCUT2D eigenvalue weighted by Gasteiger charge is -2.05. The smallest absolute Gasteiger partial charge is 0.431 e. The highest BCUT2D eigenvalue weighted by molar-refractivity contribution is 5.71. The first-order chi connectivity index (χ1) is 9.63. The fourth-order valence-corrected chi connectivity index (χ4v) is 1.72. The van der Waals surface area contributed by atoms with Crippen LogP contribution in [-0.2, 0) is 11.2 Å². The van der Waals surface area contributed by atoms with Crippen molar-refractivity contribution < 1.29 is 19.1 Å². The molecule has 1 N–H and O–H groups in total. The van der Waals surface area contributed by atoms with Gasteiger partial charge in [0.05, 0.1) is 0 Å². The van der Waals surface area contributed by atoms with Gasteiger partial charge in [0.1, 0.15) is 12.3 Å². The molecule has 1 aromatic heterocycles. The Balaban J connectivity index is 2.35. The second-order valence-corrected chi connectivity index (χ2v) is 3.98. The molecule has 6 nitrogen and oxygen atoms in total. The number of aromatic hydroxyl groups is 1. The first kappa shape index (κ1) is 13.7. The monoisotopic (exact) mass is 275 g/mol. The van der Waals surface area contributed by atoms with E-state index in [1.54, 1.807) is 12.1 Å². The lowest BCUT2D eigenvalue weighted by atomic mass is 10.1. The van der Waals surface area contributed by atoms with Crippen LogP contribution in [-0.4, -0.2) is 22.4 Å². The minimum Gasteiger partial charge on any atom is -0.479 e. The highest BCUT2D eigenvalue weighted by Crippen LogP contribution is 2.19. The van der Waals surface area contributed by atoms with Gasteiger partial charge in [0, 0.05) is 6.42 Å². The third-order valence-electron chi connectivity index (χ3n) is 2.60. The summed E-state index contributed by atoms with van der Waals surface area (Å²) >= 11 is 0. The molecule has 0 saturated heterocycles. The number of ether oxygens (including phenoxy) is 1. The Morgan fingerprint density at radius 3 is 2.75 bits per heavy atom. The molecule has 6 heteroatoms. The predicted molar refractivity (Wildman–Crippen MR) is 70.8 cm³/mol. The Hall–Kier alpha value is -2.76. The molecule has 0 aliphatic rings. The van der Waals surface area contributed by atoms with Crippen LogP contribution in [0.5, 0.6) is 5.95 Å². The first-order valence-electron chi connectivity index (χ1n) is 5.89. The number of carbonyl (C=O) groups excluding carboxylic acids is 1. The number of aromatic nitrogens is 1. The van der Waals surface area contributed by atoms with E-state index in [1.165, 1.54) is 6.08 Å². The molecule has 20 heavy (non-hydrogen) atoms. The van der Waals surface area contributed by atoms with E-state index in [2.05, 4.69) is 11.0 Å². The number of rotatable bonds is 4. The van der Waals surface area contributed by atoms with Gasteiger partial charge in [0.25, 0.3) is 0 Å². The van der Waals surface area contributed by atoms with Crippen molar-refractivity contribution >= 4 is 6.09 Å². The van der Waals surface area contributed by atoms with E-state index in [1.807, 2.05) is 18.2 Å². The summed E-state index contributed by atoms with van der Waals surface area (Å²) in [5.41, 5.74) is 0.865. The zero-order valence-electron chi connectivity index (χ0n) is 10.6. The van der Waals surface area contributed by atoms with Gasteiger partial charge in [-0.15, -0.1) is 0 Å². The predicted octanol–water partition coefficient (Wildman–Crippen LogP) is 1.91. The minimum atomic E-state index is -0.984. The third-order valence-corrected chi connectivity index (χ3v) is 2.60. The fraction of sp³-hybridized carbons (Fsp3) is 0.143. The summed E-state index contributed by atoms with van der Waals surface area (Å²) in [6, 6.07) is 9.06. The minimum absolute atomic E-state index is 0.0397. The molecule has 0 unspecified atom stereocenters. The van der Waals surface area contributed by atoms with Crippen LogP contribution in [0.4, 0.5) is 4.79 Å². The van der Waals surface area contributed by atoms with Gasteiger partial charge in [-0.2, -0.15) is 4.57 Å². The molecule has 0 atom stereocenters.